The van der Waals surface area contributed by atoms with Gasteiger partial charge in [0, 0.05) is 30.6 Å². The Balaban J connectivity index is 1.54. The van der Waals surface area contributed by atoms with Crippen LogP contribution in [0.4, 0.5) is 10.9 Å². The standard InChI is InChI=1S/C18H23N5O2S/c1-12-5-4-6-16(19-12)21-17(25)10-22(3)9-14-11-26-18(20-14)23(13(2)24)15-7-8-15/h4-6,11,15H,7-10H2,1-3H3,(H,19,21,25). The predicted molar refractivity (Wildman–Crippen MR) is 102 cm³/mol. The minimum Gasteiger partial charge on any atom is -0.310 e. The number of carbonyl (C=O) groups is 2. The van der Waals surface area contributed by atoms with E-state index >= 15 is 0 Å². The van der Waals surface area contributed by atoms with E-state index in [0.717, 1.165) is 29.4 Å². The van der Waals surface area contributed by atoms with Crippen molar-refractivity contribution in [2.45, 2.75) is 39.3 Å². The molecule has 0 unspecified atom stereocenters. The number of pyridine rings is 1. The largest absolute Gasteiger partial charge is 0.310 e. The van der Waals surface area contributed by atoms with Crippen molar-refractivity contribution in [1.29, 1.82) is 0 Å². The van der Waals surface area contributed by atoms with Gasteiger partial charge in [-0.2, -0.15) is 0 Å². The smallest absolute Gasteiger partial charge is 0.239 e. The molecule has 0 bridgehead atoms. The zero-order valence-electron chi connectivity index (χ0n) is 15.2. The van der Waals surface area contributed by atoms with E-state index in [9.17, 15) is 9.59 Å². The molecule has 1 aliphatic rings. The van der Waals surface area contributed by atoms with E-state index in [4.69, 9.17) is 0 Å². The van der Waals surface area contributed by atoms with Gasteiger partial charge in [-0.05, 0) is 38.9 Å². The van der Waals surface area contributed by atoms with Gasteiger partial charge in [-0.1, -0.05) is 6.07 Å². The number of aryl methyl sites for hydroxylation is 1. The SMILES string of the molecule is CC(=O)N(c1nc(CN(C)CC(=O)Nc2cccc(C)n2)cs1)C1CC1. The summed E-state index contributed by atoms with van der Waals surface area (Å²) in [5.74, 6) is 0.470. The highest BCUT2D eigenvalue weighted by Gasteiger charge is 2.33. The molecule has 0 aliphatic heterocycles. The second-order valence-electron chi connectivity index (χ2n) is 6.63. The Morgan fingerprint density at radius 3 is 2.73 bits per heavy atom. The van der Waals surface area contributed by atoms with Crippen molar-refractivity contribution >= 4 is 34.1 Å². The molecule has 0 radical (unpaired) electrons. The number of thiazole rings is 1. The molecule has 3 rings (SSSR count). The summed E-state index contributed by atoms with van der Waals surface area (Å²) in [6.45, 7) is 4.24. The number of nitrogens with one attached hydrogen (secondary N) is 1. The second kappa shape index (κ2) is 7.92. The molecule has 1 fully saturated rings. The quantitative estimate of drug-likeness (QED) is 0.806. The molecular weight excluding hydrogens is 350 g/mol. The van der Waals surface area contributed by atoms with Gasteiger partial charge in [-0.15, -0.1) is 11.3 Å². The Kier molecular flexibility index (Phi) is 5.63. The number of likely N-dealkylation sites (N-methyl/N-ethyl adjacent to an activating group) is 1. The van der Waals surface area contributed by atoms with Crippen LogP contribution in [0.3, 0.4) is 0 Å². The van der Waals surface area contributed by atoms with E-state index in [2.05, 4.69) is 15.3 Å². The molecular formula is C18H23N5O2S. The van der Waals surface area contributed by atoms with Crippen molar-refractivity contribution in [2.75, 3.05) is 23.8 Å². The molecule has 2 aromatic heterocycles. The monoisotopic (exact) mass is 373 g/mol. The van der Waals surface area contributed by atoms with E-state index in [1.165, 1.54) is 11.3 Å². The fraction of sp³-hybridized carbons (Fsp3) is 0.444. The van der Waals surface area contributed by atoms with Gasteiger partial charge in [0.15, 0.2) is 5.13 Å². The maximum atomic E-state index is 12.2. The van der Waals surface area contributed by atoms with Gasteiger partial charge >= 0.3 is 0 Å². The van der Waals surface area contributed by atoms with Gasteiger partial charge in [-0.3, -0.25) is 19.4 Å². The fourth-order valence-corrected chi connectivity index (χ4v) is 3.66. The van der Waals surface area contributed by atoms with Crippen molar-refractivity contribution in [1.82, 2.24) is 14.9 Å². The minimum atomic E-state index is -0.121. The Morgan fingerprint density at radius 1 is 1.31 bits per heavy atom. The van der Waals surface area contributed by atoms with Crippen molar-refractivity contribution < 1.29 is 9.59 Å². The molecule has 1 N–H and O–H groups in total. The van der Waals surface area contributed by atoms with E-state index < -0.39 is 0 Å². The van der Waals surface area contributed by atoms with Crippen LogP contribution in [-0.4, -0.2) is 46.3 Å². The molecule has 0 saturated heterocycles. The third-order valence-electron chi connectivity index (χ3n) is 4.00. The summed E-state index contributed by atoms with van der Waals surface area (Å²) in [7, 11) is 1.87. The van der Waals surface area contributed by atoms with Crippen LogP contribution < -0.4 is 10.2 Å². The summed E-state index contributed by atoms with van der Waals surface area (Å²) in [6, 6.07) is 5.82. The number of aromatic nitrogens is 2. The summed E-state index contributed by atoms with van der Waals surface area (Å²) >= 11 is 1.48. The number of amides is 2. The highest BCUT2D eigenvalue weighted by atomic mass is 32.1. The fourth-order valence-electron chi connectivity index (χ4n) is 2.73. The van der Waals surface area contributed by atoms with E-state index in [-0.39, 0.29) is 18.4 Å². The maximum absolute atomic E-state index is 12.2. The average molecular weight is 373 g/mol. The van der Waals surface area contributed by atoms with Crippen LogP contribution in [0.15, 0.2) is 23.6 Å². The lowest BCUT2D eigenvalue weighted by Gasteiger charge is -2.17. The van der Waals surface area contributed by atoms with Gasteiger partial charge < -0.3 is 5.32 Å². The first-order chi connectivity index (χ1) is 12.4. The molecule has 0 spiro atoms. The van der Waals surface area contributed by atoms with E-state index in [1.54, 1.807) is 17.9 Å². The van der Waals surface area contributed by atoms with Gasteiger partial charge in [-0.25, -0.2) is 9.97 Å². The average Bonchev–Trinajstić information content (AvgIpc) is 3.26. The van der Waals surface area contributed by atoms with Gasteiger partial charge in [0.1, 0.15) is 5.82 Å². The minimum absolute atomic E-state index is 0.0341. The van der Waals surface area contributed by atoms with Crippen molar-refractivity contribution in [3.8, 4) is 0 Å². The lowest BCUT2D eigenvalue weighted by molar-refractivity contribution is -0.117. The second-order valence-corrected chi connectivity index (χ2v) is 7.46. The first-order valence-corrected chi connectivity index (χ1v) is 9.46. The zero-order valence-corrected chi connectivity index (χ0v) is 16.0. The highest BCUT2D eigenvalue weighted by Crippen LogP contribution is 2.33. The van der Waals surface area contributed by atoms with Gasteiger partial charge in [0.05, 0.1) is 12.2 Å². The Morgan fingerprint density at radius 2 is 2.08 bits per heavy atom. The van der Waals surface area contributed by atoms with Crippen LogP contribution in [-0.2, 0) is 16.1 Å². The predicted octanol–water partition coefficient (Wildman–Crippen LogP) is 2.43. The first-order valence-electron chi connectivity index (χ1n) is 8.58. The number of carbonyl (C=O) groups excluding carboxylic acids is 2. The molecule has 2 heterocycles. The van der Waals surface area contributed by atoms with Gasteiger partial charge in [0.25, 0.3) is 0 Å². The molecule has 1 saturated carbocycles. The number of hydrogen-bond acceptors (Lipinski definition) is 6. The highest BCUT2D eigenvalue weighted by molar-refractivity contribution is 7.14. The molecule has 138 valence electrons. The number of anilines is 2. The lowest BCUT2D eigenvalue weighted by Crippen LogP contribution is -2.31. The van der Waals surface area contributed by atoms with Crippen LogP contribution in [0.1, 0.15) is 31.2 Å². The molecule has 0 atom stereocenters. The Labute approximate surface area is 157 Å². The Hall–Kier alpha value is -2.32. The molecule has 26 heavy (non-hydrogen) atoms. The molecule has 2 aromatic rings. The normalized spacial score (nSPS) is 13.7. The maximum Gasteiger partial charge on any atom is 0.239 e. The number of nitrogens with zero attached hydrogens (tertiary/aromatic N) is 4. The summed E-state index contributed by atoms with van der Waals surface area (Å²) in [5.41, 5.74) is 1.72. The van der Waals surface area contributed by atoms with Crippen LogP contribution in [0.2, 0.25) is 0 Å². The Bertz CT molecular complexity index is 802. The third kappa shape index (κ3) is 4.86. The topological polar surface area (TPSA) is 78.4 Å². The van der Waals surface area contributed by atoms with E-state index in [0.29, 0.717) is 18.4 Å². The van der Waals surface area contributed by atoms with Crippen LogP contribution in [0.5, 0.6) is 0 Å². The number of hydrogen-bond donors (Lipinski definition) is 1. The number of rotatable bonds is 7. The van der Waals surface area contributed by atoms with Crippen LogP contribution in [0.25, 0.3) is 0 Å². The van der Waals surface area contributed by atoms with Crippen LogP contribution >= 0.6 is 11.3 Å². The molecule has 2 amide bonds. The van der Waals surface area contributed by atoms with Gasteiger partial charge in [0.2, 0.25) is 11.8 Å². The first kappa shape index (κ1) is 18.5. The lowest BCUT2D eigenvalue weighted by atomic mass is 10.3. The van der Waals surface area contributed by atoms with Crippen molar-refractivity contribution in [3.05, 3.63) is 35.0 Å². The molecule has 0 aromatic carbocycles. The van der Waals surface area contributed by atoms with Crippen molar-refractivity contribution in [3.63, 3.8) is 0 Å². The van der Waals surface area contributed by atoms with E-state index in [1.807, 2.05) is 36.4 Å². The van der Waals surface area contributed by atoms with Crippen LogP contribution in [0, 0.1) is 6.92 Å². The zero-order chi connectivity index (χ0) is 18.7. The molecule has 7 nitrogen and oxygen atoms in total. The molecule has 8 heteroatoms. The summed E-state index contributed by atoms with van der Waals surface area (Å²) in [4.78, 5) is 36.5. The third-order valence-corrected chi connectivity index (χ3v) is 4.89. The van der Waals surface area contributed by atoms with Crippen molar-refractivity contribution in [2.24, 2.45) is 0 Å². The summed E-state index contributed by atoms with van der Waals surface area (Å²) < 4.78 is 0. The summed E-state index contributed by atoms with van der Waals surface area (Å²) in [6.07, 6.45) is 2.09. The molecule has 1 aliphatic carbocycles. The summed E-state index contributed by atoms with van der Waals surface area (Å²) in [5, 5.41) is 5.49.